The minimum atomic E-state index is -0.263. The molecule has 0 bridgehead atoms. The zero-order valence-electron chi connectivity index (χ0n) is 14.6. The fraction of sp³-hybridized carbons (Fsp3) is 0.529. The van der Waals surface area contributed by atoms with Crippen molar-refractivity contribution in [2.45, 2.75) is 33.7 Å². The predicted octanol–water partition coefficient (Wildman–Crippen LogP) is 2.27. The Kier molecular flexibility index (Phi) is 6.57. The van der Waals surface area contributed by atoms with Gasteiger partial charge in [-0.1, -0.05) is 13.8 Å². The average Bonchev–Trinajstić information content (AvgIpc) is 2.46. The van der Waals surface area contributed by atoms with Crippen molar-refractivity contribution in [2.75, 3.05) is 25.5 Å². The Balaban J connectivity index is 2.69. The molecule has 1 rings (SSSR count). The molecule has 128 valence electrons. The highest BCUT2D eigenvalue weighted by Gasteiger charge is 2.21. The molecule has 6 nitrogen and oxygen atoms in total. The van der Waals surface area contributed by atoms with Crippen molar-refractivity contribution in [3.8, 4) is 0 Å². The number of amides is 3. The zero-order valence-corrected chi connectivity index (χ0v) is 14.6. The lowest BCUT2D eigenvalue weighted by atomic mass is 9.93. The molecule has 0 aliphatic rings. The van der Waals surface area contributed by atoms with Crippen LogP contribution in [0.15, 0.2) is 24.3 Å². The van der Waals surface area contributed by atoms with Crippen LogP contribution >= 0.6 is 0 Å². The first-order chi connectivity index (χ1) is 10.6. The maximum atomic E-state index is 12.4. The van der Waals surface area contributed by atoms with Gasteiger partial charge < -0.3 is 21.3 Å². The van der Waals surface area contributed by atoms with E-state index in [1.165, 1.54) is 0 Å². The molecule has 0 radical (unpaired) electrons. The summed E-state index contributed by atoms with van der Waals surface area (Å²) in [6, 6.07) is 6.65. The van der Waals surface area contributed by atoms with Crippen molar-refractivity contribution in [1.82, 2.24) is 10.2 Å². The topological polar surface area (TPSA) is 87.5 Å². The van der Waals surface area contributed by atoms with Gasteiger partial charge in [-0.3, -0.25) is 4.79 Å². The van der Waals surface area contributed by atoms with Crippen LogP contribution in [0.3, 0.4) is 0 Å². The second kappa shape index (κ2) is 7.97. The molecule has 0 aliphatic heterocycles. The molecule has 0 saturated heterocycles. The summed E-state index contributed by atoms with van der Waals surface area (Å²) >= 11 is 0. The first-order valence-electron chi connectivity index (χ1n) is 7.78. The van der Waals surface area contributed by atoms with Gasteiger partial charge in [0.15, 0.2) is 0 Å². The Morgan fingerprint density at radius 2 is 1.78 bits per heavy atom. The van der Waals surface area contributed by atoms with Crippen molar-refractivity contribution < 1.29 is 9.59 Å². The van der Waals surface area contributed by atoms with Gasteiger partial charge in [-0.15, -0.1) is 0 Å². The number of carbonyl (C=O) groups excluding carboxylic acids is 2. The highest BCUT2D eigenvalue weighted by atomic mass is 16.2. The number of hydrogen-bond donors (Lipinski definition) is 3. The molecule has 1 aromatic rings. The van der Waals surface area contributed by atoms with Crippen LogP contribution in [-0.2, 0) is 0 Å². The highest BCUT2D eigenvalue weighted by Crippen LogP contribution is 2.17. The smallest absolute Gasteiger partial charge is 0.319 e. The van der Waals surface area contributed by atoms with Crippen molar-refractivity contribution in [3.05, 3.63) is 29.8 Å². The molecule has 3 amide bonds. The van der Waals surface area contributed by atoms with Crippen molar-refractivity contribution >= 4 is 17.6 Å². The van der Waals surface area contributed by atoms with E-state index >= 15 is 0 Å². The lowest BCUT2D eigenvalue weighted by Crippen LogP contribution is -2.39. The van der Waals surface area contributed by atoms with Crippen LogP contribution in [0.5, 0.6) is 0 Å². The maximum absolute atomic E-state index is 12.4. The van der Waals surface area contributed by atoms with Crippen LogP contribution in [0.25, 0.3) is 0 Å². The molecule has 0 atom stereocenters. The fourth-order valence-corrected chi connectivity index (χ4v) is 2.12. The van der Waals surface area contributed by atoms with Crippen LogP contribution in [0.1, 0.15) is 38.1 Å². The minimum absolute atomic E-state index is 0.0651. The van der Waals surface area contributed by atoms with Gasteiger partial charge in [-0.2, -0.15) is 0 Å². The zero-order chi connectivity index (χ0) is 17.6. The number of urea groups is 1. The summed E-state index contributed by atoms with van der Waals surface area (Å²) in [6.07, 6.45) is 0. The minimum Gasteiger partial charge on any atom is -0.341 e. The molecule has 0 saturated carbocycles. The Labute approximate surface area is 138 Å². The van der Waals surface area contributed by atoms with E-state index in [0.717, 1.165) is 0 Å². The standard InChI is InChI=1S/C17H28N4O2/c1-12(2)19-16(23)20-14-8-6-13(7-9-14)15(22)21(5)11-17(3,4)10-18/h6-9,12H,10-11,18H2,1-5H3,(H2,19,20,23). The van der Waals surface area contributed by atoms with E-state index in [2.05, 4.69) is 10.6 Å². The predicted molar refractivity (Wildman–Crippen MR) is 93.5 cm³/mol. The van der Waals surface area contributed by atoms with Crippen molar-refractivity contribution in [3.63, 3.8) is 0 Å². The average molecular weight is 320 g/mol. The molecule has 0 spiro atoms. The van der Waals surface area contributed by atoms with Crippen LogP contribution in [0.4, 0.5) is 10.5 Å². The molecule has 0 unspecified atom stereocenters. The van der Waals surface area contributed by atoms with E-state index in [1.54, 1.807) is 36.2 Å². The lowest BCUT2D eigenvalue weighted by Gasteiger charge is -2.29. The van der Waals surface area contributed by atoms with Crippen LogP contribution in [0, 0.1) is 5.41 Å². The summed E-state index contributed by atoms with van der Waals surface area (Å²) in [7, 11) is 1.77. The van der Waals surface area contributed by atoms with Gasteiger partial charge in [0.1, 0.15) is 0 Å². The highest BCUT2D eigenvalue weighted by molar-refractivity contribution is 5.95. The summed E-state index contributed by atoms with van der Waals surface area (Å²) in [5.41, 5.74) is 6.81. The van der Waals surface area contributed by atoms with Crippen LogP contribution in [0.2, 0.25) is 0 Å². The Bertz CT molecular complexity index is 538. The molecule has 0 heterocycles. The molecule has 4 N–H and O–H groups in total. The number of nitrogens with one attached hydrogen (secondary N) is 2. The molecular weight excluding hydrogens is 292 g/mol. The second-order valence-electron chi connectivity index (χ2n) is 6.86. The van der Waals surface area contributed by atoms with Crippen LogP contribution in [-0.4, -0.2) is 43.0 Å². The monoisotopic (exact) mass is 320 g/mol. The van der Waals surface area contributed by atoms with Gasteiger partial charge >= 0.3 is 6.03 Å². The Morgan fingerprint density at radius 3 is 2.26 bits per heavy atom. The van der Waals surface area contributed by atoms with Gasteiger partial charge in [0.05, 0.1) is 0 Å². The molecule has 1 aromatic carbocycles. The molecule has 0 fully saturated rings. The third-order valence-corrected chi connectivity index (χ3v) is 3.37. The molecule has 23 heavy (non-hydrogen) atoms. The molecule has 0 aliphatic carbocycles. The number of rotatable bonds is 6. The van der Waals surface area contributed by atoms with Gasteiger partial charge in [0.25, 0.3) is 5.91 Å². The molecule has 0 aromatic heterocycles. The second-order valence-corrected chi connectivity index (χ2v) is 6.86. The number of nitrogens with zero attached hydrogens (tertiary/aromatic N) is 1. The van der Waals surface area contributed by atoms with E-state index in [0.29, 0.717) is 24.3 Å². The number of hydrogen-bond acceptors (Lipinski definition) is 3. The van der Waals surface area contributed by atoms with E-state index in [-0.39, 0.29) is 23.4 Å². The third kappa shape index (κ3) is 6.28. The van der Waals surface area contributed by atoms with Crippen LogP contribution < -0.4 is 16.4 Å². The van der Waals surface area contributed by atoms with Crippen molar-refractivity contribution in [1.29, 1.82) is 0 Å². The van der Waals surface area contributed by atoms with Gasteiger partial charge in [-0.05, 0) is 50.1 Å². The van der Waals surface area contributed by atoms with Crippen molar-refractivity contribution in [2.24, 2.45) is 11.1 Å². The van der Waals surface area contributed by atoms with Gasteiger partial charge in [0.2, 0.25) is 0 Å². The largest absolute Gasteiger partial charge is 0.341 e. The first-order valence-corrected chi connectivity index (χ1v) is 7.78. The Hall–Kier alpha value is -2.08. The number of carbonyl (C=O) groups is 2. The quantitative estimate of drug-likeness (QED) is 0.751. The van der Waals surface area contributed by atoms with E-state index < -0.39 is 0 Å². The summed E-state index contributed by atoms with van der Waals surface area (Å²) in [4.78, 5) is 25.7. The Morgan fingerprint density at radius 1 is 1.22 bits per heavy atom. The summed E-state index contributed by atoms with van der Waals surface area (Å²) in [5, 5.41) is 5.47. The normalized spacial score (nSPS) is 11.3. The SMILES string of the molecule is CC(C)NC(=O)Nc1ccc(C(=O)N(C)CC(C)(C)CN)cc1. The number of benzene rings is 1. The fourth-order valence-electron chi connectivity index (χ4n) is 2.12. The van der Waals surface area contributed by atoms with E-state index in [1.807, 2.05) is 27.7 Å². The summed E-state index contributed by atoms with van der Waals surface area (Å²) < 4.78 is 0. The summed E-state index contributed by atoms with van der Waals surface area (Å²) in [6.45, 7) is 8.92. The van der Waals surface area contributed by atoms with Gasteiger partial charge in [0, 0.05) is 30.9 Å². The molecular formula is C17H28N4O2. The van der Waals surface area contributed by atoms with E-state index in [4.69, 9.17) is 5.73 Å². The number of anilines is 1. The summed E-state index contributed by atoms with van der Waals surface area (Å²) in [5.74, 6) is -0.0651. The third-order valence-electron chi connectivity index (χ3n) is 3.37. The first kappa shape index (κ1) is 19.0. The van der Waals surface area contributed by atoms with E-state index in [9.17, 15) is 9.59 Å². The maximum Gasteiger partial charge on any atom is 0.319 e. The number of nitrogens with two attached hydrogens (primary N) is 1. The lowest BCUT2D eigenvalue weighted by molar-refractivity contribution is 0.0740. The van der Waals surface area contributed by atoms with Gasteiger partial charge in [-0.25, -0.2) is 4.79 Å². The molecule has 6 heteroatoms.